The molecular formula is C18H28N2O3S. The predicted octanol–water partition coefficient (Wildman–Crippen LogP) is 2.56. The van der Waals surface area contributed by atoms with Crippen LogP contribution in [0.1, 0.15) is 45.2 Å². The van der Waals surface area contributed by atoms with Gasteiger partial charge in [0.1, 0.15) is 0 Å². The first-order chi connectivity index (χ1) is 11.1. The summed E-state index contributed by atoms with van der Waals surface area (Å²) in [5, 5.41) is 3.19. The van der Waals surface area contributed by atoms with E-state index in [1.165, 1.54) is 10.6 Å². The van der Waals surface area contributed by atoms with Gasteiger partial charge < -0.3 is 5.32 Å². The molecule has 5 nitrogen and oxygen atoms in total. The third-order valence-corrected chi connectivity index (χ3v) is 5.88. The molecule has 1 aromatic carbocycles. The van der Waals surface area contributed by atoms with Crippen LogP contribution in [0.2, 0.25) is 0 Å². The second-order valence-corrected chi connectivity index (χ2v) is 9.64. The predicted molar refractivity (Wildman–Crippen MR) is 95.9 cm³/mol. The summed E-state index contributed by atoms with van der Waals surface area (Å²) in [6.45, 7) is 7.16. The quantitative estimate of drug-likeness (QED) is 0.906. The second-order valence-electron chi connectivity index (χ2n) is 7.65. The van der Waals surface area contributed by atoms with Gasteiger partial charge in [-0.05, 0) is 23.8 Å². The fraction of sp³-hybridized carbons (Fsp3) is 0.611. The number of carbonyl (C=O) groups excluding carboxylic acids is 1. The van der Waals surface area contributed by atoms with Crippen LogP contribution in [-0.2, 0) is 14.8 Å². The van der Waals surface area contributed by atoms with E-state index in [4.69, 9.17) is 0 Å². The zero-order valence-corrected chi connectivity index (χ0v) is 15.8. The topological polar surface area (TPSA) is 66.5 Å². The minimum absolute atomic E-state index is 0.0203. The molecule has 1 fully saturated rings. The van der Waals surface area contributed by atoms with E-state index in [-0.39, 0.29) is 23.3 Å². The highest BCUT2D eigenvalue weighted by atomic mass is 32.2. The van der Waals surface area contributed by atoms with Crippen molar-refractivity contribution in [3.05, 3.63) is 35.9 Å². The molecule has 0 saturated carbocycles. The lowest BCUT2D eigenvalue weighted by Crippen LogP contribution is -2.45. The fourth-order valence-electron chi connectivity index (χ4n) is 3.16. The summed E-state index contributed by atoms with van der Waals surface area (Å²) in [7, 11) is -3.16. The van der Waals surface area contributed by atoms with Crippen molar-refractivity contribution in [2.45, 2.75) is 39.7 Å². The molecule has 0 bridgehead atoms. The highest BCUT2D eigenvalue weighted by molar-refractivity contribution is 7.88. The lowest BCUT2D eigenvalue weighted by atomic mass is 9.81. The summed E-state index contributed by atoms with van der Waals surface area (Å²) in [6, 6.07) is 9.91. The highest BCUT2D eigenvalue weighted by Crippen LogP contribution is 2.33. The van der Waals surface area contributed by atoms with E-state index >= 15 is 0 Å². The number of sulfonamides is 1. The van der Waals surface area contributed by atoms with E-state index in [9.17, 15) is 13.2 Å². The summed E-state index contributed by atoms with van der Waals surface area (Å²) in [6.07, 6.45) is 2.37. The molecule has 2 rings (SSSR count). The number of amides is 1. The van der Waals surface area contributed by atoms with Crippen LogP contribution < -0.4 is 5.32 Å². The Bertz CT molecular complexity index is 657. The van der Waals surface area contributed by atoms with E-state index < -0.39 is 10.0 Å². The van der Waals surface area contributed by atoms with E-state index in [2.05, 4.69) is 26.1 Å². The number of hydrogen-bond donors (Lipinski definition) is 1. The molecule has 0 aromatic heterocycles. The van der Waals surface area contributed by atoms with Crippen molar-refractivity contribution in [1.29, 1.82) is 0 Å². The third-order valence-electron chi connectivity index (χ3n) is 4.58. The Balaban J connectivity index is 2.05. The van der Waals surface area contributed by atoms with Crippen LogP contribution in [0.3, 0.4) is 0 Å². The first kappa shape index (κ1) is 18.9. The molecule has 1 N–H and O–H groups in total. The highest BCUT2D eigenvalue weighted by Gasteiger charge is 2.33. The average Bonchev–Trinajstić information content (AvgIpc) is 2.51. The smallest absolute Gasteiger partial charge is 0.223 e. The molecule has 0 radical (unpaired) electrons. The minimum Gasteiger partial charge on any atom is -0.349 e. The monoisotopic (exact) mass is 352 g/mol. The molecule has 0 spiro atoms. The summed E-state index contributed by atoms with van der Waals surface area (Å²) in [5.41, 5.74) is 0.983. The van der Waals surface area contributed by atoms with E-state index in [0.29, 0.717) is 25.9 Å². The van der Waals surface area contributed by atoms with Gasteiger partial charge in [0.15, 0.2) is 0 Å². The molecule has 1 unspecified atom stereocenters. The van der Waals surface area contributed by atoms with Gasteiger partial charge in [-0.15, -0.1) is 0 Å². The van der Waals surface area contributed by atoms with Gasteiger partial charge in [0.05, 0.1) is 12.3 Å². The molecular weight excluding hydrogens is 324 g/mol. The molecule has 1 heterocycles. The average molecular weight is 353 g/mol. The van der Waals surface area contributed by atoms with Gasteiger partial charge in [-0.1, -0.05) is 51.1 Å². The van der Waals surface area contributed by atoms with E-state index in [1.807, 2.05) is 30.3 Å². The third kappa shape index (κ3) is 4.80. The van der Waals surface area contributed by atoms with Crippen LogP contribution in [0.4, 0.5) is 0 Å². The number of hydrogen-bond acceptors (Lipinski definition) is 3. The van der Waals surface area contributed by atoms with Crippen LogP contribution in [0, 0.1) is 11.3 Å². The lowest BCUT2D eigenvalue weighted by molar-refractivity contribution is -0.127. The van der Waals surface area contributed by atoms with E-state index in [1.54, 1.807) is 0 Å². The van der Waals surface area contributed by atoms with Crippen LogP contribution in [0.5, 0.6) is 0 Å². The zero-order chi connectivity index (χ0) is 18.0. The van der Waals surface area contributed by atoms with Gasteiger partial charge in [0.2, 0.25) is 15.9 Å². The molecule has 1 saturated heterocycles. The van der Waals surface area contributed by atoms with Crippen molar-refractivity contribution < 1.29 is 13.2 Å². The van der Waals surface area contributed by atoms with Crippen molar-refractivity contribution in [2.24, 2.45) is 11.3 Å². The summed E-state index contributed by atoms with van der Waals surface area (Å²) in [5.74, 6) is -0.108. The number of nitrogens with zero attached hydrogens (tertiary/aromatic N) is 1. The molecule has 1 amide bonds. The molecule has 24 heavy (non-hydrogen) atoms. The fourth-order valence-corrected chi connectivity index (χ4v) is 4.03. The molecule has 1 aliphatic rings. The standard InChI is InChI=1S/C18H28N2O3S/c1-18(2,3)16(14-8-6-5-7-9-14)19-17(21)15-10-12-20(13-11-15)24(4,22)23/h5-9,15-16H,10-13H2,1-4H3,(H,19,21). The Morgan fingerprint density at radius 1 is 1.17 bits per heavy atom. The van der Waals surface area contributed by atoms with Crippen molar-refractivity contribution in [3.63, 3.8) is 0 Å². The maximum Gasteiger partial charge on any atom is 0.223 e. The van der Waals surface area contributed by atoms with Gasteiger partial charge in [-0.2, -0.15) is 0 Å². The van der Waals surface area contributed by atoms with Crippen LogP contribution >= 0.6 is 0 Å². The van der Waals surface area contributed by atoms with Gasteiger partial charge >= 0.3 is 0 Å². The largest absolute Gasteiger partial charge is 0.349 e. The Morgan fingerprint density at radius 2 is 1.71 bits per heavy atom. The van der Waals surface area contributed by atoms with Crippen molar-refractivity contribution >= 4 is 15.9 Å². The van der Waals surface area contributed by atoms with Crippen LogP contribution in [0.15, 0.2) is 30.3 Å². The maximum atomic E-state index is 12.7. The number of nitrogens with one attached hydrogen (secondary N) is 1. The Hall–Kier alpha value is -1.40. The summed E-state index contributed by atoms with van der Waals surface area (Å²) in [4.78, 5) is 12.7. The van der Waals surface area contributed by atoms with Gasteiger partial charge in [0.25, 0.3) is 0 Å². The van der Waals surface area contributed by atoms with Gasteiger partial charge in [0, 0.05) is 19.0 Å². The van der Waals surface area contributed by atoms with Crippen molar-refractivity contribution in [2.75, 3.05) is 19.3 Å². The van der Waals surface area contributed by atoms with Crippen molar-refractivity contribution in [3.8, 4) is 0 Å². The maximum absolute atomic E-state index is 12.7. The normalized spacial score (nSPS) is 19.0. The molecule has 1 aromatic rings. The molecule has 6 heteroatoms. The van der Waals surface area contributed by atoms with Crippen LogP contribution in [-0.4, -0.2) is 38.0 Å². The molecule has 134 valence electrons. The first-order valence-corrected chi connectivity index (χ1v) is 10.2. The summed E-state index contributed by atoms with van der Waals surface area (Å²) >= 11 is 0. The summed E-state index contributed by atoms with van der Waals surface area (Å²) < 4.78 is 24.6. The number of rotatable bonds is 4. The van der Waals surface area contributed by atoms with Gasteiger partial charge in [-0.3, -0.25) is 4.79 Å². The number of carbonyl (C=O) groups is 1. The molecule has 0 aliphatic carbocycles. The molecule has 1 aliphatic heterocycles. The molecule has 1 atom stereocenters. The SMILES string of the molecule is CC(C)(C)C(NC(=O)C1CCN(S(C)(=O)=O)CC1)c1ccccc1. The Kier molecular flexibility index (Phi) is 5.71. The Morgan fingerprint density at radius 3 is 2.17 bits per heavy atom. The second kappa shape index (κ2) is 7.23. The first-order valence-electron chi connectivity index (χ1n) is 8.39. The van der Waals surface area contributed by atoms with Crippen molar-refractivity contribution in [1.82, 2.24) is 9.62 Å². The Labute approximate surface area is 145 Å². The lowest BCUT2D eigenvalue weighted by Gasteiger charge is -2.35. The van der Waals surface area contributed by atoms with Crippen LogP contribution in [0.25, 0.3) is 0 Å². The minimum atomic E-state index is -3.16. The van der Waals surface area contributed by atoms with Gasteiger partial charge in [-0.25, -0.2) is 12.7 Å². The number of benzene rings is 1. The number of piperidine rings is 1. The van der Waals surface area contributed by atoms with E-state index in [0.717, 1.165) is 5.56 Å². The zero-order valence-electron chi connectivity index (χ0n) is 15.0.